The van der Waals surface area contributed by atoms with Crippen molar-refractivity contribution in [3.05, 3.63) is 53.8 Å². The van der Waals surface area contributed by atoms with E-state index in [4.69, 9.17) is 4.74 Å². The Balaban J connectivity index is 2.27. The molecule has 0 aliphatic heterocycles. The molecule has 2 aromatic carbocycles. The maximum Gasteiger partial charge on any atom is 0.488 e. The van der Waals surface area contributed by atoms with Crippen LogP contribution in [0.15, 0.2) is 42.5 Å². The van der Waals surface area contributed by atoms with Crippen molar-refractivity contribution in [3.8, 4) is 5.75 Å². The summed E-state index contributed by atoms with van der Waals surface area (Å²) >= 11 is 0. The number of benzene rings is 2. The van der Waals surface area contributed by atoms with Crippen molar-refractivity contribution < 1.29 is 19.2 Å². The fourth-order valence-corrected chi connectivity index (χ4v) is 2.14. The molecule has 0 spiro atoms. The number of methoxy groups -OCH3 is 1. The zero-order chi connectivity index (χ0) is 15.4. The lowest BCUT2D eigenvalue weighted by atomic mass is 9.79. The smallest absolute Gasteiger partial charge is 0.488 e. The van der Waals surface area contributed by atoms with Gasteiger partial charge in [0.2, 0.25) is 0 Å². The molecular formula is C15H17BFNO3. The molecule has 0 aliphatic carbocycles. The number of rotatable bonds is 5. The Morgan fingerprint density at radius 3 is 2.57 bits per heavy atom. The monoisotopic (exact) mass is 289 g/mol. The van der Waals surface area contributed by atoms with Crippen LogP contribution in [0.5, 0.6) is 5.75 Å². The number of anilines is 1. The Morgan fingerprint density at radius 1 is 1.19 bits per heavy atom. The first kappa shape index (κ1) is 15.3. The van der Waals surface area contributed by atoms with E-state index in [9.17, 15) is 14.4 Å². The van der Waals surface area contributed by atoms with Gasteiger partial charge in [0.15, 0.2) is 0 Å². The molecule has 0 radical (unpaired) electrons. The van der Waals surface area contributed by atoms with E-state index in [2.05, 4.69) is 0 Å². The lowest BCUT2D eigenvalue weighted by molar-refractivity contribution is 0.409. The third-order valence-corrected chi connectivity index (χ3v) is 3.26. The van der Waals surface area contributed by atoms with Gasteiger partial charge in [-0.3, -0.25) is 0 Å². The van der Waals surface area contributed by atoms with Gasteiger partial charge in [0.1, 0.15) is 11.6 Å². The zero-order valence-electron chi connectivity index (χ0n) is 12.0. The molecule has 0 aromatic heterocycles. The van der Waals surface area contributed by atoms with E-state index >= 15 is 0 Å². The maximum absolute atomic E-state index is 13.3. The molecule has 110 valence electrons. The van der Waals surface area contributed by atoms with Crippen molar-refractivity contribution in [2.45, 2.75) is 6.54 Å². The van der Waals surface area contributed by atoms with Crippen LogP contribution in [0.2, 0.25) is 0 Å². The summed E-state index contributed by atoms with van der Waals surface area (Å²) in [5.74, 6) is 0.341. The van der Waals surface area contributed by atoms with Gasteiger partial charge in [-0.2, -0.15) is 0 Å². The van der Waals surface area contributed by atoms with Crippen LogP contribution in [0.3, 0.4) is 0 Å². The summed E-state index contributed by atoms with van der Waals surface area (Å²) in [6.07, 6.45) is 0. The SMILES string of the molecule is COc1ccc(B(O)O)cc1CN(C)c1cccc(F)c1. The Labute approximate surface area is 123 Å². The van der Waals surface area contributed by atoms with E-state index in [-0.39, 0.29) is 5.82 Å². The highest BCUT2D eigenvalue weighted by Crippen LogP contribution is 2.22. The standard InChI is InChI=1S/C15H17BFNO3/c1-18(14-5-3-4-13(17)9-14)10-11-8-12(16(19)20)6-7-15(11)21-2/h3-9,19-20H,10H2,1-2H3. The van der Waals surface area contributed by atoms with Crippen molar-refractivity contribution in [2.24, 2.45) is 0 Å². The Bertz CT molecular complexity index is 622. The second-order valence-electron chi connectivity index (χ2n) is 4.78. The number of halogens is 1. The minimum atomic E-state index is -1.53. The summed E-state index contributed by atoms with van der Waals surface area (Å²) in [7, 11) is 1.85. The molecule has 2 aromatic rings. The summed E-state index contributed by atoms with van der Waals surface area (Å²) in [4.78, 5) is 1.86. The van der Waals surface area contributed by atoms with Gasteiger partial charge in [-0.05, 0) is 29.7 Å². The van der Waals surface area contributed by atoms with Gasteiger partial charge < -0.3 is 19.7 Å². The maximum atomic E-state index is 13.3. The predicted molar refractivity (Wildman–Crippen MR) is 81.3 cm³/mol. The lowest BCUT2D eigenvalue weighted by Gasteiger charge is -2.21. The average Bonchev–Trinajstić information content (AvgIpc) is 2.47. The third kappa shape index (κ3) is 3.74. The largest absolute Gasteiger partial charge is 0.496 e. The van der Waals surface area contributed by atoms with Crippen molar-refractivity contribution in [1.82, 2.24) is 0 Å². The molecule has 4 nitrogen and oxygen atoms in total. The van der Waals surface area contributed by atoms with Crippen LogP contribution in [0.1, 0.15) is 5.56 Å². The Hall–Kier alpha value is -2.05. The van der Waals surface area contributed by atoms with E-state index in [0.29, 0.717) is 17.8 Å². The minimum Gasteiger partial charge on any atom is -0.496 e. The van der Waals surface area contributed by atoms with E-state index < -0.39 is 7.12 Å². The van der Waals surface area contributed by atoms with Gasteiger partial charge >= 0.3 is 7.12 Å². The van der Waals surface area contributed by atoms with Crippen LogP contribution < -0.4 is 15.1 Å². The van der Waals surface area contributed by atoms with Gasteiger partial charge in [0.05, 0.1) is 7.11 Å². The molecule has 0 bridgehead atoms. The second kappa shape index (κ2) is 6.60. The minimum absolute atomic E-state index is 0.300. The van der Waals surface area contributed by atoms with E-state index in [1.165, 1.54) is 12.1 Å². The predicted octanol–water partition coefficient (Wildman–Crippen LogP) is 1.15. The topological polar surface area (TPSA) is 52.9 Å². The summed E-state index contributed by atoms with van der Waals surface area (Å²) in [5, 5.41) is 18.5. The van der Waals surface area contributed by atoms with E-state index in [1.54, 1.807) is 37.4 Å². The van der Waals surface area contributed by atoms with Crippen LogP contribution in [0, 0.1) is 5.82 Å². The van der Waals surface area contributed by atoms with Gasteiger partial charge in [-0.25, -0.2) is 4.39 Å². The fraction of sp³-hybridized carbons (Fsp3) is 0.200. The van der Waals surface area contributed by atoms with Crippen molar-refractivity contribution >= 4 is 18.3 Å². The highest BCUT2D eigenvalue weighted by molar-refractivity contribution is 6.58. The molecule has 2 rings (SSSR count). The molecule has 0 saturated carbocycles. The molecular weight excluding hydrogens is 272 g/mol. The summed E-state index contributed by atoms with van der Waals surface area (Å²) in [6, 6.07) is 11.2. The fourth-order valence-electron chi connectivity index (χ4n) is 2.14. The van der Waals surface area contributed by atoms with Gasteiger partial charge in [0, 0.05) is 24.8 Å². The quantitative estimate of drug-likeness (QED) is 0.811. The molecule has 0 unspecified atom stereocenters. The van der Waals surface area contributed by atoms with Crippen molar-refractivity contribution in [1.29, 1.82) is 0 Å². The molecule has 0 heterocycles. The Kier molecular flexibility index (Phi) is 4.83. The normalized spacial score (nSPS) is 10.3. The second-order valence-corrected chi connectivity index (χ2v) is 4.78. The molecule has 0 fully saturated rings. The highest BCUT2D eigenvalue weighted by atomic mass is 19.1. The molecule has 21 heavy (non-hydrogen) atoms. The average molecular weight is 289 g/mol. The van der Waals surface area contributed by atoms with E-state index in [0.717, 1.165) is 11.3 Å². The van der Waals surface area contributed by atoms with Gasteiger partial charge in [-0.15, -0.1) is 0 Å². The first-order valence-electron chi connectivity index (χ1n) is 6.51. The molecule has 2 N–H and O–H groups in total. The van der Waals surface area contributed by atoms with Gasteiger partial charge in [0.25, 0.3) is 0 Å². The summed E-state index contributed by atoms with van der Waals surface area (Å²) in [6.45, 7) is 0.452. The van der Waals surface area contributed by atoms with Gasteiger partial charge in [-0.1, -0.05) is 18.2 Å². The van der Waals surface area contributed by atoms with E-state index in [1.807, 2.05) is 11.9 Å². The van der Waals surface area contributed by atoms with Crippen molar-refractivity contribution in [2.75, 3.05) is 19.1 Å². The van der Waals surface area contributed by atoms with Crippen LogP contribution in [0.25, 0.3) is 0 Å². The number of hydrogen-bond donors (Lipinski definition) is 2. The van der Waals surface area contributed by atoms with Crippen LogP contribution in [-0.2, 0) is 6.54 Å². The van der Waals surface area contributed by atoms with Crippen molar-refractivity contribution in [3.63, 3.8) is 0 Å². The third-order valence-electron chi connectivity index (χ3n) is 3.26. The van der Waals surface area contributed by atoms with Crippen LogP contribution in [-0.4, -0.2) is 31.3 Å². The molecule has 0 amide bonds. The molecule has 6 heteroatoms. The number of nitrogens with zero attached hydrogens (tertiary/aromatic N) is 1. The summed E-state index contributed by atoms with van der Waals surface area (Å²) in [5.41, 5.74) is 1.90. The van der Waals surface area contributed by atoms with Crippen LogP contribution in [0.4, 0.5) is 10.1 Å². The Morgan fingerprint density at radius 2 is 1.95 bits per heavy atom. The molecule has 0 atom stereocenters. The number of hydrogen-bond acceptors (Lipinski definition) is 4. The molecule has 0 saturated heterocycles. The number of ether oxygens (including phenoxy) is 1. The zero-order valence-corrected chi connectivity index (χ0v) is 12.0. The summed E-state index contributed by atoms with van der Waals surface area (Å²) < 4.78 is 18.5. The van der Waals surface area contributed by atoms with Crippen LogP contribution >= 0.6 is 0 Å². The first-order valence-corrected chi connectivity index (χ1v) is 6.51. The molecule has 0 aliphatic rings. The first-order chi connectivity index (χ1) is 10.0. The highest BCUT2D eigenvalue weighted by Gasteiger charge is 2.15. The lowest BCUT2D eigenvalue weighted by Crippen LogP contribution is -2.30.